The van der Waals surface area contributed by atoms with E-state index < -0.39 is 5.82 Å². The number of rotatable bonds is 3. The van der Waals surface area contributed by atoms with E-state index in [0.717, 1.165) is 0 Å². The van der Waals surface area contributed by atoms with E-state index in [9.17, 15) is 4.39 Å². The Morgan fingerprint density at radius 2 is 1.95 bits per heavy atom. The van der Waals surface area contributed by atoms with E-state index in [-0.39, 0.29) is 11.6 Å². The maximum Gasteiger partial charge on any atom is 0.146 e. The van der Waals surface area contributed by atoms with E-state index in [2.05, 4.69) is 5.32 Å². The molecule has 0 amide bonds. The van der Waals surface area contributed by atoms with E-state index in [1.165, 1.54) is 6.07 Å². The molecule has 0 aliphatic carbocycles. The van der Waals surface area contributed by atoms with Crippen LogP contribution in [0.2, 0.25) is 10.0 Å². The van der Waals surface area contributed by atoms with Crippen LogP contribution in [0.5, 0.6) is 0 Å². The normalized spacial score (nSPS) is 10.0. The minimum Gasteiger partial charge on any atom is -0.380 e. The van der Waals surface area contributed by atoms with Crippen LogP contribution in [0.15, 0.2) is 36.4 Å². The third-order valence-electron chi connectivity index (χ3n) is 2.60. The fraction of sp³-hybridized carbons (Fsp3) is 0.0714. The van der Waals surface area contributed by atoms with Crippen molar-refractivity contribution >= 4 is 28.9 Å². The van der Waals surface area contributed by atoms with Crippen molar-refractivity contribution in [2.45, 2.75) is 6.54 Å². The van der Waals surface area contributed by atoms with Crippen molar-refractivity contribution in [3.8, 4) is 6.07 Å². The Morgan fingerprint density at radius 3 is 2.68 bits per heavy atom. The van der Waals surface area contributed by atoms with Gasteiger partial charge in [0.2, 0.25) is 0 Å². The van der Waals surface area contributed by atoms with Gasteiger partial charge in [-0.1, -0.05) is 35.3 Å². The summed E-state index contributed by atoms with van der Waals surface area (Å²) in [7, 11) is 0. The molecule has 0 heterocycles. The van der Waals surface area contributed by atoms with Crippen molar-refractivity contribution in [2.24, 2.45) is 0 Å². The summed E-state index contributed by atoms with van der Waals surface area (Å²) in [6, 6.07) is 11.7. The molecule has 19 heavy (non-hydrogen) atoms. The summed E-state index contributed by atoms with van der Waals surface area (Å²) in [5.74, 6) is -0.454. The molecule has 0 saturated carbocycles. The van der Waals surface area contributed by atoms with E-state index in [1.807, 2.05) is 6.07 Å². The highest BCUT2D eigenvalue weighted by Gasteiger charge is 2.07. The molecule has 2 nitrogen and oxygen atoms in total. The number of nitrogens with one attached hydrogen (secondary N) is 1. The lowest BCUT2D eigenvalue weighted by molar-refractivity contribution is 0.613. The molecule has 96 valence electrons. The minimum absolute atomic E-state index is 0.0798. The molecule has 0 aliphatic rings. The van der Waals surface area contributed by atoms with Crippen molar-refractivity contribution in [3.05, 3.63) is 63.4 Å². The molecule has 2 rings (SSSR count). The van der Waals surface area contributed by atoms with Gasteiger partial charge in [-0.15, -0.1) is 0 Å². The van der Waals surface area contributed by atoms with Gasteiger partial charge in [-0.3, -0.25) is 0 Å². The van der Waals surface area contributed by atoms with Crippen molar-refractivity contribution in [2.75, 3.05) is 5.32 Å². The van der Waals surface area contributed by atoms with Crippen LogP contribution in [0, 0.1) is 17.1 Å². The zero-order valence-electron chi connectivity index (χ0n) is 9.75. The Balaban J connectivity index is 2.19. The van der Waals surface area contributed by atoms with Crippen LogP contribution in [0.4, 0.5) is 10.1 Å². The molecule has 5 heteroatoms. The number of hydrogen-bond donors (Lipinski definition) is 1. The van der Waals surface area contributed by atoms with Crippen LogP contribution < -0.4 is 5.32 Å². The molecule has 0 aromatic heterocycles. The Bertz CT molecular complexity index is 650. The number of nitrogens with zero attached hydrogens (tertiary/aromatic N) is 1. The molecule has 0 saturated heterocycles. The Morgan fingerprint density at radius 1 is 1.16 bits per heavy atom. The van der Waals surface area contributed by atoms with E-state index in [1.54, 1.807) is 30.3 Å². The topological polar surface area (TPSA) is 35.8 Å². The van der Waals surface area contributed by atoms with Gasteiger partial charge in [0.1, 0.15) is 5.82 Å². The predicted octanol–water partition coefficient (Wildman–Crippen LogP) is 4.62. The highest BCUT2D eigenvalue weighted by Crippen LogP contribution is 2.24. The predicted molar refractivity (Wildman–Crippen MR) is 74.9 cm³/mol. The molecule has 0 unspecified atom stereocenters. The van der Waals surface area contributed by atoms with Crippen LogP contribution in [0.3, 0.4) is 0 Å². The lowest BCUT2D eigenvalue weighted by Crippen LogP contribution is -2.02. The fourth-order valence-corrected chi connectivity index (χ4v) is 1.98. The lowest BCUT2D eigenvalue weighted by Gasteiger charge is -2.10. The van der Waals surface area contributed by atoms with Crippen LogP contribution in [0.25, 0.3) is 0 Å². The second-order valence-electron chi connectivity index (χ2n) is 3.87. The molecule has 0 spiro atoms. The molecule has 0 atom stereocenters. The average Bonchev–Trinajstić information content (AvgIpc) is 2.42. The quantitative estimate of drug-likeness (QED) is 0.897. The summed E-state index contributed by atoms with van der Waals surface area (Å²) in [6.45, 7) is 0.237. The summed E-state index contributed by atoms with van der Waals surface area (Å²) < 4.78 is 13.7. The third-order valence-corrected chi connectivity index (χ3v) is 3.22. The molecule has 2 aromatic rings. The van der Waals surface area contributed by atoms with Crippen molar-refractivity contribution < 1.29 is 4.39 Å². The maximum absolute atomic E-state index is 13.7. The summed E-state index contributed by atoms with van der Waals surface area (Å²) >= 11 is 11.7. The highest BCUT2D eigenvalue weighted by molar-refractivity contribution is 6.33. The number of halogens is 3. The van der Waals surface area contributed by atoms with E-state index in [4.69, 9.17) is 28.5 Å². The molecule has 0 bridgehead atoms. The van der Waals surface area contributed by atoms with Gasteiger partial charge in [-0.05, 0) is 24.3 Å². The van der Waals surface area contributed by atoms with Crippen LogP contribution >= 0.6 is 23.2 Å². The van der Waals surface area contributed by atoms with Gasteiger partial charge < -0.3 is 5.32 Å². The van der Waals surface area contributed by atoms with E-state index in [0.29, 0.717) is 21.8 Å². The summed E-state index contributed by atoms with van der Waals surface area (Å²) in [5.41, 5.74) is 1.50. The second kappa shape index (κ2) is 5.92. The first-order valence-corrected chi connectivity index (χ1v) is 6.24. The van der Waals surface area contributed by atoms with Crippen LogP contribution in [-0.4, -0.2) is 0 Å². The summed E-state index contributed by atoms with van der Waals surface area (Å²) in [6.07, 6.45) is 0. The number of nitriles is 1. The maximum atomic E-state index is 13.7. The Labute approximate surface area is 120 Å². The minimum atomic E-state index is -0.454. The van der Waals surface area contributed by atoms with Gasteiger partial charge >= 0.3 is 0 Å². The fourth-order valence-electron chi connectivity index (χ4n) is 1.61. The monoisotopic (exact) mass is 294 g/mol. The standard InChI is InChI=1S/C14H9Cl2FN2/c15-11-5-4-9(7-18)6-13(11)19-8-10-2-1-3-12(16)14(10)17/h1-6,19H,8H2. The lowest BCUT2D eigenvalue weighted by atomic mass is 10.2. The molecular formula is C14H9Cl2FN2. The average molecular weight is 295 g/mol. The first-order valence-electron chi connectivity index (χ1n) is 5.48. The highest BCUT2D eigenvalue weighted by atomic mass is 35.5. The first-order chi connectivity index (χ1) is 9.11. The third kappa shape index (κ3) is 3.17. The Hall–Kier alpha value is -1.76. The van der Waals surface area contributed by atoms with Crippen molar-refractivity contribution in [1.29, 1.82) is 5.26 Å². The molecule has 1 N–H and O–H groups in total. The smallest absolute Gasteiger partial charge is 0.146 e. The van der Waals surface area contributed by atoms with Gasteiger partial charge in [-0.25, -0.2) is 4.39 Å². The van der Waals surface area contributed by atoms with Gasteiger partial charge in [0.15, 0.2) is 0 Å². The molecule has 0 radical (unpaired) electrons. The number of benzene rings is 2. The number of anilines is 1. The number of hydrogen-bond acceptors (Lipinski definition) is 2. The van der Waals surface area contributed by atoms with Crippen molar-refractivity contribution in [3.63, 3.8) is 0 Å². The summed E-state index contributed by atoms with van der Waals surface area (Å²) in [5, 5.41) is 12.4. The van der Waals surface area contributed by atoms with Crippen molar-refractivity contribution in [1.82, 2.24) is 0 Å². The van der Waals surface area contributed by atoms with Crippen LogP contribution in [-0.2, 0) is 6.54 Å². The SMILES string of the molecule is N#Cc1ccc(Cl)c(NCc2cccc(Cl)c2F)c1. The molecule has 0 aliphatic heterocycles. The van der Waals surface area contributed by atoms with Crippen LogP contribution in [0.1, 0.15) is 11.1 Å². The zero-order chi connectivity index (χ0) is 13.8. The largest absolute Gasteiger partial charge is 0.380 e. The van der Waals surface area contributed by atoms with Gasteiger partial charge in [0.25, 0.3) is 0 Å². The zero-order valence-corrected chi connectivity index (χ0v) is 11.3. The molecule has 0 fully saturated rings. The molecular weight excluding hydrogens is 286 g/mol. The second-order valence-corrected chi connectivity index (χ2v) is 4.69. The van der Waals surface area contributed by atoms with E-state index >= 15 is 0 Å². The van der Waals surface area contributed by atoms with Gasteiger partial charge in [0, 0.05) is 12.1 Å². The summed E-state index contributed by atoms with van der Waals surface area (Å²) in [4.78, 5) is 0. The van der Waals surface area contributed by atoms with Gasteiger partial charge in [-0.2, -0.15) is 5.26 Å². The Kier molecular flexibility index (Phi) is 4.26. The first kappa shape index (κ1) is 13.7. The van der Waals surface area contributed by atoms with Gasteiger partial charge in [0.05, 0.1) is 27.4 Å². The molecule has 2 aromatic carbocycles.